The van der Waals surface area contributed by atoms with Crippen LogP contribution in [-0.2, 0) is 61.3 Å². The number of benzene rings is 4. The van der Waals surface area contributed by atoms with E-state index >= 15 is 0 Å². The van der Waals surface area contributed by atoms with Crippen molar-refractivity contribution in [1.29, 1.82) is 0 Å². The molecule has 2 aliphatic rings. The first-order valence-corrected chi connectivity index (χ1v) is 21.7. The van der Waals surface area contributed by atoms with Crippen LogP contribution in [0.1, 0.15) is 7.43 Å². The van der Waals surface area contributed by atoms with Gasteiger partial charge in [0.2, 0.25) is 10.9 Å². The molecule has 6 rings (SSSR count). The molecule has 178 valence electrons. The van der Waals surface area contributed by atoms with Gasteiger partial charge in [0, 0.05) is 30.4 Å². The third-order valence-electron chi connectivity index (χ3n) is 5.69. The van der Waals surface area contributed by atoms with Crippen molar-refractivity contribution in [1.82, 2.24) is 0 Å². The summed E-state index contributed by atoms with van der Waals surface area (Å²) in [5.41, 5.74) is -1.06. The Kier molecular flexibility index (Phi) is 7.21. The lowest BCUT2D eigenvalue weighted by Crippen LogP contribution is -2.25. The molecule has 0 bridgehead atoms. The zero-order valence-corrected chi connectivity index (χ0v) is 24.1. The van der Waals surface area contributed by atoms with Crippen molar-refractivity contribution in [2.75, 3.05) is 0 Å². The van der Waals surface area contributed by atoms with Crippen LogP contribution in [-0.4, -0.2) is 0 Å². The van der Waals surface area contributed by atoms with Gasteiger partial charge in [-0.15, -0.1) is 0 Å². The molecule has 0 saturated heterocycles. The van der Waals surface area contributed by atoms with E-state index in [2.05, 4.69) is 48.5 Å². The van der Waals surface area contributed by atoms with Gasteiger partial charge in [-0.2, -0.15) is 0 Å². The van der Waals surface area contributed by atoms with Gasteiger partial charge in [0.15, 0.2) is 0 Å². The molecule has 2 aliphatic heterocycles. The highest BCUT2D eigenvalue weighted by Gasteiger charge is 2.46. The Morgan fingerprint density at radius 2 is 0.943 bits per heavy atom. The molecule has 10 heteroatoms. The topological polar surface area (TPSA) is 18.5 Å². The van der Waals surface area contributed by atoms with E-state index in [0.717, 1.165) is 44.4 Å². The SMILES string of the molecule is C.S=S=S=S(P1(=S)Oc2ccccc2-c2ccccc21)P1(=S)Oc2ccccc2-c2ccccc21. The van der Waals surface area contributed by atoms with E-state index in [9.17, 15) is 0 Å². The summed E-state index contributed by atoms with van der Waals surface area (Å²) < 4.78 is 13.6. The van der Waals surface area contributed by atoms with Crippen molar-refractivity contribution in [2.45, 2.75) is 7.43 Å². The summed E-state index contributed by atoms with van der Waals surface area (Å²) in [6.07, 6.45) is 0. The monoisotopic (exact) mass is 606 g/mol. The number of rotatable bonds is 2. The first-order chi connectivity index (χ1) is 16.6. The Morgan fingerprint density at radius 1 is 0.571 bits per heavy atom. The maximum absolute atomic E-state index is 6.82. The summed E-state index contributed by atoms with van der Waals surface area (Å²) in [7, 11) is 2.16. The summed E-state index contributed by atoms with van der Waals surface area (Å²) in [5, 5.41) is 2.10. The van der Waals surface area contributed by atoms with Gasteiger partial charge in [-0.1, -0.05) is 80.2 Å². The van der Waals surface area contributed by atoms with Gasteiger partial charge in [0.25, 0.3) is 0 Å². The average Bonchev–Trinajstić information content (AvgIpc) is 2.87. The zero-order chi connectivity index (χ0) is 23.3. The van der Waals surface area contributed by atoms with Crippen molar-refractivity contribution in [3.05, 3.63) is 97.1 Å². The summed E-state index contributed by atoms with van der Waals surface area (Å²) >= 11 is 18.5. The Balaban J connectivity index is 0.00000253. The fraction of sp³-hybridized carbons (Fsp3) is 0.0400. The summed E-state index contributed by atoms with van der Waals surface area (Å²) in [4.78, 5) is 0. The minimum Gasteiger partial charge on any atom is -0.452 e. The van der Waals surface area contributed by atoms with Crippen molar-refractivity contribution >= 4 is 82.8 Å². The lowest BCUT2D eigenvalue weighted by atomic mass is 10.0. The molecule has 35 heavy (non-hydrogen) atoms. The number of hydrogen-bond acceptors (Lipinski definition) is 5. The molecule has 0 aromatic heterocycles. The zero-order valence-electron chi connectivity index (χ0n) is 17.4. The van der Waals surface area contributed by atoms with Crippen LogP contribution in [0.5, 0.6) is 11.5 Å². The van der Waals surface area contributed by atoms with E-state index in [1.807, 2.05) is 48.5 Å². The Morgan fingerprint density at radius 3 is 1.37 bits per heavy atom. The summed E-state index contributed by atoms with van der Waals surface area (Å²) in [6, 6.07) is 32.8. The van der Waals surface area contributed by atoms with Crippen LogP contribution in [0.3, 0.4) is 0 Å². The van der Waals surface area contributed by atoms with E-state index in [-0.39, 0.29) is 7.43 Å². The molecule has 2 heterocycles. The largest absolute Gasteiger partial charge is 0.452 e. The molecule has 2 nitrogen and oxygen atoms in total. The number of para-hydroxylation sites is 2. The molecular weight excluding hydrogens is 587 g/mol. The Labute approximate surface area is 228 Å². The van der Waals surface area contributed by atoms with Crippen molar-refractivity contribution in [3.63, 3.8) is 0 Å². The van der Waals surface area contributed by atoms with E-state index in [1.165, 1.54) is 8.88 Å². The molecular formula is C25H20O2P2S6. The standard InChI is InChI=1S/C24H16O2P2S6.CH4/c29-27(23-15-7-3-11-19(23)17-9-1-5-13-21(17)25-27)34(33-32-31)28(30)24-16-8-4-12-20(24)18-10-2-6-14-22(18)26-28;/h1-16H;1H4. The highest BCUT2D eigenvalue weighted by Crippen LogP contribution is 2.72. The van der Waals surface area contributed by atoms with Crippen LogP contribution < -0.4 is 19.7 Å². The second kappa shape index (κ2) is 9.92. The van der Waals surface area contributed by atoms with E-state index < -0.39 is 19.6 Å². The number of hydrogen-bond donors (Lipinski definition) is 0. The first kappa shape index (κ1) is 25.4. The van der Waals surface area contributed by atoms with Gasteiger partial charge < -0.3 is 9.05 Å². The quantitative estimate of drug-likeness (QED) is 0.226. The van der Waals surface area contributed by atoms with E-state index in [1.54, 1.807) is 8.88 Å². The Bertz CT molecular complexity index is 1580. The fourth-order valence-electron chi connectivity index (χ4n) is 4.25. The van der Waals surface area contributed by atoms with Gasteiger partial charge in [0.1, 0.15) is 11.5 Å². The van der Waals surface area contributed by atoms with Gasteiger partial charge in [0.05, 0.1) is 0 Å². The second-order valence-electron chi connectivity index (χ2n) is 7.57. The fourth-order valence-corrected chi connectivity index (χ4v) is 42.0. The van der Waals surface area contributed by atoms with Gasteiger partial charge in [-0.05, 0) is 88.0 Å². The lowest BCUT2D eigenvalue weighted by Gasteiger charge is -2.39. The maximum atomic E-state index is 6.82. The minimum atomic E-state index is -2.71. The highest BCUT2D eigenvalue weighted by atomic mass is 33.5. The summed E-state index contributed by atoms with van der Waals surface area (Å²) in [6.45, 7) is 0. The van der Waals surface area contributed by atoms with Crippen molar-refractivity contribution in [2.24, 2.45) is 0 Å². The van der Waals surface area contributed by atoms with Crippen LogP contribution in [0.2, 0.25) is 0 Å². The molecule has 2 unspecified atom stereocenters. The van der Waals surface area contributed by atoms with Crippen LogP contribution >= 0.6 is 10.9 Å². The average molecular weight is 607 g/mol. The van der Waals surface area contributed by atoms with E-state index in [0.29, 0.717) is 0 Å². The lowest BCUT2D eigenvalue weighted by molar-refractivity contribution is 0.629. The van der Waals surface area contributed by atoms with Gasteiger partial charge >= 0.3 is 0 Å². The molecule has 4 aromatic carbocycles. The molecule has 0 fully saturated rings. The van der Waals surface area contributed by atoms with Crippen molar-refractivity contribution in [3.8, 4) is 33.8 Å². The summed E-state index contributed by atoms with van der Waals surface area (Å²) in [5.74, 6) is 1.62. The van der Waals surface area contributed by atoms with Crippen LogP contribution in [0.25, 0.3) is 22.3 Å². The van der Waals surface area contributed by atoms with Gasteiger partial charge in [-0.3, -0.25) is 0 Å². The predicted octanol–water partition coefficient (Wildman–Crippen LogP) is 7.09. The molecule has 0 aliphatic carbocycles. The smallest absolute Gasteiger partial charge is 0.209 e. The van der Waals surface area contributed by atoms with Crippen molar-refractivity contribution < 1.29 is 9.05 Å². The van der Waals surface area contributed by atoms with Crippen LogP contribution in [0.4, 0.5) is 0 Å². The molecule has 4 aromatic rings. The predicted molar refractivity (Wildman–Crippen MR) is 169 cm³/mol. The normalized spacial score (nSPS) is 21.8. The second-order valence-corrected chi connectivity index (χ2v) is 28.0. The van der Waals surface area contributed by atoms with Crippen LogP contribution in [0, 0.1) is 0 Å². The molecule has 2 atom stereocenters. The minimum absolute atomic E-state index is 0. The third-order valence-corrected chi connectivity index (χ3v) is 36.4. The third kappa shape index (κ3) is 4.03. The molecule has 0 spiro atoms. The molecule has 0 N–H and O–H groups in total. The van der Waals surface area contributed by atoms with E-state index in [4.69, 9.17) is 43.8 Å². The number of fused-ring (bicyclic) bond motifs is 6. The maximum Gasteiger partial charge on any atom is 0.209 e. The molecule has 0 radical (unpaired) electrons. The molecule has 0 amide bonds. The van der Waals surface area contributed by atoms with Crippen LogP contribution in [0.15, 0.2) is 97.1 Å². The highest BCUT2D eigenvalue weighted by molar-refractivity contribution is 9.07. The molecule has 0 saturated carbocycles. The first-order valence-electron chi connectivity index (χ1n) is 10.3. The Hall–Kier alpha value is -1.21. The van der Waals surface area contributed by atoms with Gasteiger partial charge in [-0.25, -0.2) is 0 Å².